The molecule has 1 atom stereocenters. The van der Waals surface area contributed by atoms with Gasteiger partial charge in [0.15, 0.2) is 0 Å². The Labute approximate surface area is 110 Å². The van der Waals surface area contributed by atoms with Gasteiger partial charge in [-0.1, -0.05) is 54.4 Å². The minimum absolute atomic E-state index is 0.135. The van der Waals surface area contributed by atoms with Crippen molar-refractivity contribution in [3.8, 4) is 11.1 Å². The zero-order chi connectivity index (χ0) is 13.1. The molecule has 0 fully saturated rings. The second kappa shape index (κ2) is 5.36. The quantitative estimate of drug-likeness (QED) is 0.845. The van der Waals surface area contributed by atoms with Crippen molar-refractivity contribution in [1.82, 2.24) is 0 Å². The minimum atomic E-state index is 0.135. The lowest BCUT2D eigenvalue weighted by Gasteiger charge is -2.12. The highest BCUT2D eigenvalue weighted by molar-refractivity contribution is 5.66. The first-order valence-electron chi connectivity index (χ1n) is 6.54. The summed E-state index contributed by atoms with van der Waals surface area (Å²) in [6.07, 6.45) is 0.969. The van der Waals surface area contributed by atoms with Crippen molar-refractivity contribution >= 4 is 0 Å². The summed E-state index contributed by atoms with van der Waals surface area (Å²) in [5.74, 6) is 0. The summed E-state index contributed by atoms with van der Waals surface area (Å²) in [6.45, 7) is 6.39. The molecule has 2 aromatic rings. The van der Waals surface area contributed by atoms with Gasteiger partial charge in [0, 0.05) is 6.04 Å². The predicted octanol–water partition coefficient (Wildman–Crippen LogP) is 4.38. The van der Waals surface area contributed by atoms with Gasteiger partial charge in [-0.15, -0.1) is 0 Å². The third kappa shape index (κ3) is 2.80. The first kappa shape index (κ1) is 12.8. The maximum atomic E-state index is 6.10. The summed E-state index contributed by atoms with van der Waals surface area (Å²) >= 11 is 0. The predicted molar refractivity (Wildman–Crippen MR) is 78.6 cm³/mol. The molecule has 0 saturated heterocycles. The Balaban J connectivity index is 2.44. The van der Waals surface area contributed by atoms with Crippen LogP contribution in [0.3, 0.4) is 0 Å². The van der Waals surface area contributed by atoms with Crippen molar-refractivity contribution in [3.63, 3.8) is 0 Å². The summed E-state index contributed by atoms with van der Waals surface area (Å²) in [5.41, 5.74) is 12.4. The van der Waals surface area contributed by atoms with Gasteiger partial charge in [0.25, 0.3) is 0 Å². The maximum absolute atomic E-state index is 6.10. The summed E-state index contributed by atoms with van der Waals surface area (Å²) in [5, 5.41) is 0. The molecule has 94 valence electrons. The Morgan fingerprint density at radius 1 is 0.944 bits per heavy atom. The van der Waals surface area contributed by atoms with Gasteiger partial charge in [0.1, 0.15) is 0 Å². The molecular weight excluding hydrogens is 218 g/mol. The topological polar surface area (TPSA) is 26.0 Å². The van der Waals surface area contributed by atoms with E-state index >= 15 is 0 Å². The molecule has 1 nitrogen and oxygen atoms in total. The molecule has 0 aliphatic heterocycles. The van der Waals surface area contributed by atoms with Crippen LogP contribution in [0.15, 0.2) is 42.5 Å². The number of rotatable bonds is 3. The van der Waals surface area contributed by atoms with Gasteiger partial charge in [-0.2, -0.15) is 0 Å². The van der Waals surface area contributed by atoms with Gasteiger partial charge >= 0.3 is 0 Å². The van der Waals surface area contributed by atoms with Crippen molar-refractivity contribution in [2.45, 2.75) is 33.2 Å². The third-order valence-corrected chi connectivity index (χ3v) is 3.31. The zero-order valence-electron chi connectivity index (χ0n) is 11.4. The molecule has 18 heavy (non-hydrogen) atoms. The normalized spacial score (nSPS) is 12.4. The molecule has 2 N–H and O–H groups in total. The number of benzene rings is 2. The molecule has 2 rings (SSSR count). The molecule has 0 saturated carbocycles. The molecule has 1 unspecified atom stereocenters. The monoisotopic (exact) mass is 239 g/mol. The van der Waals surface area contributed by atoms with Crippen LogP contribution in [0.5, 0.6) is 0 Å². The third-order valence-electron chi connectivity index (χ3n) is 3.31. The minimum Gasteiger partial charge on any atom is -0.324 e. The Morgan fingerprint density at radius 2 is 1.61 bits per heavy atom. The molecule has 0 bridgehead atoms. The average Bonchev–Trinajstić information content (AvgIpc) is 2.37. The van der Waals surface area contributed by atoms with Crippen LogP contribution in [-0.2, 0) is 0 Å². The van der Waals surface area contributed by atoms with E-state index in [4.69, 9.17) is 5.73 Å². The molecule has 0 amide bonds. The summed E-state index contributed by atoms with van der Waals surface area (Å²) in [4.78, 5) is 0. The van der Waals surface area contributed by atoms with Crippen molar-refractivity contribution in [1.29, 1.82) is 0 Å². The zero-order valence-corrected chi connectivity index (χ0v) is 11.4. The van der Waals surface area contributed by atoms with Crippen LogP contribution in [-0.4, -0.2) is 0 Å². The highest BCUT2D eigenvalue weighted by Crippen LogP contribution is 2.25. The van der Waals surface area contributed by atoms with Crippen molar-refractivity contribution in [2.75, 3.05) is 0 Å². The molecule has 0 spiro atoms. The van der Waals surface area contributed by atoms with Gasteiger partial charge in [-0.25, -0.2) is 0 Å². The van der Waals surface area contributed by atoms with Gasteiger partial charge in [-0.05, 0) is 43.0 Å². The molecule has 0 aliphatic rings. The molecule has 0 aliphatic carbocycles. The Hall–Kier alpha value is -1.60. The van der Waals surface area contributed by atoms with Crippen molar-refractivity contribution in [2.24, 2.45) is 5.73 Å². The summed E-state index contributed by atoms with van der Waals surface area (Å²) in [6, 6.07) is 15.4. The Kier molecular flexibility index (Phi) is 3.83. The lowest BCUT2D eigenvalue weighted by molar-refractivity contribution is 0.699. The van der Waals surface area contributed by atoms with E-state index in [0.29, 0.717) is 0 Å². The fraction of sp³-hybridized carbons (Fsp3) is 0.294. The van der Waals surface area contributed by atoms with Crippen LogP contribution in [0.1, 0.15) is 36.1 Å². The van der Waals surface area contributed by atoms with E-state index in [9.17, 15) is 0 Å². The van der Waals surface area contributed by atoms with E-state index in [2.05, 4.69) is 63.2 Å². The van der Waals surface area contributed by atoms with Crippen LogP contribution in [0, 0.1) is 13.8 Å². The fourth-order valence-electron chi connectivity index (χ4n) is 2.33. The van der Waals surface area contributed by atoms with Crippen LogP contribution in [0.25, 0.3) is 11.1 Å². The van der Waals surface area contributed by atoms with Gasteiger partial charge in [0.05, 0.1) is 0 Å². The molecule has 2 aromatic carbocycles. The van der Waals surface area contributed by atoms with Gasteiger partial charge in [-0.3, -0.25) is 0 Å². The van der Waals surface area contributed by atoms with Crippen LogP contribution < -0.4 is 5.73 Å². The number of hydrogen-bond donors (Lipinski definition) is 1. The standard InChI is InChI=1S/C17H21N/c1-4-17(18)15-7-5-6-14(11-15)16-9-12(2)8-13(3)10-16/h5-11,17H,4,18H2,1-3H3. The lowest BCUT2D eigenvalue weighted by Crippen LogP contribution is -2.08. The Morgan fingerprint density at radius 3 is 2.22 bits per heavy atom. The molecule has 0 radical (unpaired) electrons. The lowest BCUT2D eigenvalue weighted by atomic mass is 9.96. The van der Waals surface area contributed by atoms with E-state index in [1.165, 1.54) is 27.8 Å². The highest BCUT2D eigenvalue weighted by atomic mass is 14.6. The fourth-order valence-corrected chi connectivity index (χ4v) is 2.33. The van der Waals surface area contributed by atoms with E-state index in [-0.39, 0.29) is 6.04 Å². The molecule has 0 aromatic heterocycles. The van der Waals surface area contributed by atoms with Crippen molar-refractivity contribution in [3.05, 3.63) is 59.2 Å². The number of aryl methyl sites for hydroxylation is 2. The first-order valence-corrected chi connectivity index (χ1v) is 6.54. The summed E-state index contributed by atoms with van der Waals surface area (Å²) in [7, 11) is 0. The highest BCUT2D eigenvalue weighted by Gasteiger charge is 2.05. The van der Waals surface area contributed by atoms with Gasteiger partial charge in [0.2, 0.25) is 0 Å². The van der Waals surface area contributed by atoms with E-state index in [0.717, 1.165) is 6.42 Å². The second-order valence-corrected chi connectivity index (χ2v) is 5.02. The second-order valence-electron chi connectivity index (χ2n) is 5.02. The van der Waals surface area contributed by atoms with E-state index in [1.807, 2.05) is 0 Å². The molecular formula is C17H21N. The Bertz CT molecular complexity index is 523. The van der Waals surface area contributed by atoms with Gasteiger partial charge < -0.3 is 5.73 Å². The SMILES string of the molecule is CCC(N)c1cccc(-c2cc(C)cc(C)c2)c1. The molecule has 0 heterocycles. The van der Waals surface area contributed by atoms with Crippen LogP contribution in [0.2, 0.25) is 0 Å². The molecule has 1 heteroatoms. The maximum Gasteiger partial charge on any atom is 0.0292 e. The average molecular weight is 239 g/mol. The van der Waals surface area contributed by atoms with E-state index in [1.54, 1.807) is 0 Å². The smallest absolute Gasteiger partial charge is 0.0292 e. The summed E-state index contributed by atoms with van der Waals surface area (Å²) < 4.78 is 0. The van der Waals surface area contributed by atoms with Crippen LogP contribution in [0.4, 0.5) is 0 Å². The first-order chi connectivity index (χ1) is 8.60. The van der Waals surface area contributed by atoms with E-state index < -0.39 is 0 Å². The number of hydrogen-bond acceptors (Lipinski definition) is 1. The number of nitrogens with two attached hydrogens (primary N) is 1. The van der Waals surface area contributed by atoms with Crippen LogP contribution >= 0.6 is 0 Å². The van der Waals surface area contributed by atoms with Crippen molar-refractivity contribution < 1.29 is 0 Å². The largest absolute Gasteiger partial charge is 0.324 e.